The third-order valence-electron chi connectivity index (χ3n) is 0.733. The van der Waals surface area contributed by atoms with E-state index in [0.717, 1.165) is 11.6 Å². The van der Waals surface area contributed by atoms with Crippen molar-refractivity contribution in [3.8, 4) is 0 Å². The van der Waals surface area contributed by atoms with Gasteiger partial charge in [-0.1, -0.05) is 36.7 Å². The lowest BCUT2D eigenvalue weighted by Crippen LogP contribution is -1.87. The molecule has 0 fully saturated rings. The van der Waals surface area contributed by atoms with Gasteiger partial charge in [-0.25, -0.2) is 0 Å². The zero-order valence-electron chi connectivity index (χ0n) is 6.05. The van der Waals surface area contributed by atoms with Gasteiger partial charge in [0.1, 0.15) is 0 Å². The lowest BCUT2D eigenvalue weighted by molar-refractivity contribution is 1.14. The Morgan fingerprint density at radius 3 is 1.90 bits per heavy atom. The first-order valence-corrected chi connectivity index (χ1v) is 3.59. The second kappa shape index (κ2) is 6.59. The van der Waals surface area contributed by atoms with E-state index in [1.54, 1.807) is 0 Å². The average Bonchev–Trinajstić information content (AvgIpc) is 1.91. The maximum atomic E-state index is 5.54. The molecule has 2 heteroatoms. The number of benzene rings is 1. The fourth-order valence-electron chi connectivity index (χ4n) is 0.415. The van der Waals surface area contributed by atoms with Crippen molar-refractivity contribution >= 4 is 11.6 Å². The van der Waals surface area contributed by atoms with Gasteiger partial charge in [0, 0.05) is 5.02 Å². The monoisotopic (exact) mass is 157 g/mol. The highest BCUT2D eigenvalue weighted by atomic mass is 35.5. The van der Waals surface area contributed by atoms with E-state index in [1.165, 1.54) is 0 Å². The summed E-state index contributed by atoms with van der Waals surface area (Å²) in [4.78, 5) is 0. The van der Waals surface area contributed by atoms with Gasteiger partial charge in [0.2, 0.25) is 0 Å². The third-order valence-corrected chi connectivity index (χ3v) is 0.985. The van der Waals surface area contributed by atoms with E-state index in [4.69, 9.17) is 17.3 Å². The van der Waals surface area contributed by atoms with E-state index in [1.807, 2.05) is 37.3 Å². The van der Waals surface area contributed by atoms with Crippen LogP contribution in [0.5, 0.6) is 0 Å². The first kappa shape index (κ1) is 9.47. The minimum Gasteiger partial charge on any atom is -0.331 e. The summed E-state index contributed by atoms with van der Waals surface area (Å²) in [6.07, 6.45) is 0. The summed E-state index contributed by atoms with van der Waals surface area (Å²) in [5.74, 6) is 0. The maximum absolute atomic E-state index is 5.54. The van der Waals surface area contributed by atoms with Gasteiger partial charge in [-0.15, -0.1) is 0 Å². The molecule has 0 saturated heterocycles. The highest BCUT2D eigenvalue weighted by Gasteiger charge is 1.74. The molecular formula is C8H12ClN. The molecular weight excluding hydrogens is 146 g/mol. The largest absolute Gasteiger partial charge is 0.331 e. The molecule has 1 nitrogen and oxygen atoms in total. The van der Waals surface area contributed by atoms with Gasteiger partial charge < -0.3 is 5.73 Å². The molecule has 0 saturated carbocycles. The first-order chi connectivity index (χ1) is 4.81. The van der Waals surface area contributed by atoms with Gasteiger partial charge in [-0.05, 0) is 18.7 Å². The number of nitrogens with two attached hydrogens (primary N) is 1. The van der Waals surface area contributed by atoms with Gasteiger partial charge in [-0.2, -0.15) is 0 Å². The third kappa shape index (κ3) is 5.60. The number of rotatable bonds is 0. The fraction of sp³-hybridized carbons (Fsp3) is 0.250. The molecule has 0 spiro atoms. The SMILES string of the molecule is CCN.Clc1ccccc1. The predicted molar refractivity (Wildman–Crippen MR) is 46.2 cm³/mol. The summed E-state index contributed by atoms with van der Waals surface area (Å²) >= 11 is 5.54. The zero-order chi connectivity index (χ0) is 7.82. The van der Waals surface area contributed by atoms with Crippen LogP contribution in [0.4, 0.5) is 0 Å². The predicted octanol–water partition coefficient (Wildman–Crippen LogP) is 2.31. The highest BCUT2D eigenvalue weighted by Crippen LogP contribution is 2.03. The van der Waals surface area contributed by atoms with E-state index in [-0.39, 0.29) is 0 Å². The Morgan fingerprint density at radius 1 is 1.30 bits per heavy atom. The lowest BCUT2D eigenvalue weighted by Gasteiger charge is -1.80. The minimum atomic E-state index is 0.750. The van der Waals surface area contributed by atoms with Crippen LogP contribution < -0.4 is 5.73 Å². The maximum Gasteiger partial charge on any atom is 0.0405 e. The molecule has 0 aromatic heterocycles. The standard InChI is InChI=1S/C6H5Cl.C2H7N/c7-6-4-2-1-3-5-6;1-2-3/h1-5H;2-3H2,1H3. The summed E-state index contributed by atoms with van der Waals surface area (Å²) in [6, 6.07) is 9.44. The van der Waals surface area contributed by atoms with Crippen molar-refractivity contribution < 1.29 is 0 Å². The molecule has 1 aromatic carbocycles. The molecule has 0 aliphatic heterocycles. The number of hydrogen-bond donors (Lipinski definition) is 1. The molecule has 1 aromatic rings. The van der Waals surface area contributed by atoms with Crippen molar-refractivity contribution in [3.63, 3.8) is 0 Å². The van der Waals surface area contributed by atoms with Gasteiger partial charge in [0.05, 0.1) is 0 Å². The highest BCUT2D eigenvalue weighted by molar-refractivity contribution is 6.30. The minimum absolute atomic E-state index is 0.750. The average molecular weight is 158 g/mol. The van der Waals surface area contributed by atoms with Crippen LogP contribution in [0.3, 0.4) is 0 Å². The Bertz CT molecular complexity index is 151. The fourth-order valence-corrected chi connectivity index (χ4v) is 0.560. The normalized spacial score (nSPS) is 7.90. The van der Waals surface area contributed by atoms with Gasteiger partial charge >= 0.3 is 0 Å². The van der Waals surface area contributed by atoms with Crippen LogP contribution in [-0.4, -0.2) is 6.54 Å². The Kier molecular flexibility index (Phi) is 6.24. The lowest BCUT2D eigenvalue weighted by atomic mass is 10.4. The molecule has 0 amide bonds. The molecule has 10 heavy (non-hydrogen) atoms. The second-order valence-electron chi connectivity index (χ2n) is 1.70. The van der Waals surface area contributed by atoms with Crippen molar-refractivity contribution in [1.29, 1.82) is 0 Å². The van der Waals surface area contributed by atoms with Crippen LogP contribution in [0.25, 0.3) is 0 Å². The van der Waals surface area contributed by atoms with E-state index >= 15 is 0 Å². The van der Waals surface area contributed by atoms with Crippen molar-refractivity contribution in [2.75, 3.05) is 6.54 Å². The number of halogens is 1. The van der Waals surface area contributed by atoms with Crippen molar-refractivity contribution in [2.45, 2.75) is 6.92 Å². The Morgan fingerprint density at radius 2 is 1.70 bits per heavy atom. The van der Waals surface area contributed by atoms with Crippen LogP contribution in [-0.2, 0) is 0 Å². The van der Waals surface area contributed by atoms with Crippen molar-refractivity contribution in [2.24, 2.45) is 5.73 Å². The topological polar surface area (TPSA) is 26.0 Å². The summed E-state index contributed by atoms with van der Waals surface area (Å²) in [7, 11) is 0. The molecule has 0 atom stereocenters. The Hall–Kier alpha value is -0.530. The van der Waals surface area contributed by atoms with E-state index in [9.17, 15) is 0 Å². The van der Waals surface area contributed by atoms with Crippen molar-refractivity contribution in [1.82, 2.24) is 0 Å². The molecule has 56 valence electrons. The quantitative estimate of drug-likeness (QED) is 0.615. The summed E-state index contributed by atoms with van der Waals surface area (Å²) in [5, 5.41) is 0.794. The molecule has 2 N–H and O–H groups in total. The molecule has 0 unspecified atom stereocenters. The van der Waals surface area contributed by atoms with Crippen LogP contribution in [0, 0.1) is 0 Å². The smallest absolute Gasteiger partial charge is 0.0405 e. The van der Waals surface area contributed by atoms with Crippen LogP contribution in [0.15, 0.2) is 30.3 Å². The first-order valence-electron chi connectivity index (χ1n) is 3.22. The number of hydrogen-bond acceptors (Lipinski definition) is 1. The molecule has 0 aliphatic carbocycles. The molecule has 0 bridgehead atoms. The molecule has 0 aliphatic rings. The van der Waals surface area contributed by atoms with Gasteiger partial charge in [0.25, 0.3) is 0 Å². The Labute approximate surface area is 66.8 Å². The van der Waals surface area contributed by atoms with E-state index < -0.39 is 0 Å². The van der Waals surface area contributed by atoms with E-state index in [0.29, 0.717) is 0 Å². The zero-order valence-corrected chi connectivity index (χ0v) is 6.81. The summed E-state index contributed by atoms with van der Waals surface area (Å²) < 4.78 is 0. The molecule has 0 heterocycles. The summed E-state index contributed by atoms with van der Waals surface area (Å²) in [5.41, 5.74) is 4.85. The van der Waals surface area contributed by atoms with Crippen LogP contribution in [0.1, 0.15) is 6.92 Å². The molecule has 1 rings (SSSR count). The van der Waals surface area contributed by atoms with Gasteiger partial charge in [0.15, 0.2) is 0 Å². The van der Waals surface area contributed by atoms with E-state index in [2.05, 4.69) is 0 Å². The Balaban J connectivity index is 0.000000236. The van der Waals surface area contributed by atoms with Gasteiger partial charge in [-0.3, -0.25) is 0 Å². The van der Waals surface area contributed by atoms with Crippen LogP contribution >= 0.6 is 11.6 Å². The summed E-state index contributed by atoms with van der Waals surface area (Å²) in [6.45, 7) is 2.65. The molecule has 0 radical (unpaired) electrons. The second-order valence-corrected chi connectivity index (χ2v) is 2.14. The van der Waals surface area contributed by atoms with Crippen LogP contribution in [0.2, 0.25) is 5.02 Å². The van der Waals surface area contributed by atoms with Crippen molar-refractivity contribution in [3.05, 3.63) is 35.4 Å².